The van der Waals surface area contributed by atoms with Gasteiger partial charge in [0.25, 0.3) is 0 Å². The number of nitriles is 1. The highest BCUT2D eigenvalue weighted by Gasteiger charge is 2.22. The van der Waals surface area contributed by atoms with Gasteiger partial charge in [-0.2, -0.15) is 5.26 Å². The van der Waals surface area contributed by atoms with E-state index in [1.54, 1.807) is 6.07 Å². The maximum absolute atomic E-state index is 11.6. The van der Waals surface area contributed by atoms with E-state index in [9.17, 15) is 14.7 Å². The molecule has 0 radical (unpaired) electrons. The second kappa shape index (κ2) is 6.68. The van der Waals surface area contributed by atoms with Crippen molar-refractivity contribution >= 4 is 29.1 Å². The predicted molar refractivity (Wildman–Crippen MR) is 70.9 cm³/mol. The van der Waals surface area contributed by atoms with Crippen LogP contribution in [0.2, 0.25) is 5.02 Å². The fourth-order valence-electron chi connectivity index (χ4n) is 1.39. The summed E-state index contributed by atoms with van der Waals surface area (Å²) in [5, 5.41) is 25.7. The summed E-state index contributed by atoms with van der Waals surface area (Å²) in [6.07, 6.45) is 0. The smallest absolute Gasteiger partial charge is 0.342 e. The Bertz CT molecular complexity index is 607. The van der Waals surface area contributed by atoms with Crippen LogP contribution < -0.4 is 0 Å². The lowest BCUT2D eigenvalue weighted by Crippen LogP contribution is -2.25. The first kappa shape index (κ1) is 15.7. The van der Waals surface area contributed by atoms with E-state index in [4.69, 9.17) is 27.0 Å². The predicted octanol–water partition coefficient (Wildman–Crippen LogP) is 1.95. The lowest BCUT2D eigenvalue weighted by Gasteiger charge is -2.08. The molecular formula is C13H11ClN2O4. The van der Waals surface area contributed by atoms with Crippen LogP contribution >= 0.6 is 11.6 Å². The van der Waals surface area contributed by atoms with Crippen LogP contribution in [0.25, 0.3) is 0 Å². The van der Waals surface area contributed by atoms with Crippen molar-refractivity contribution in [3.05, 3.63) is 28.8 Å². The maximum Gasteiger partial charge on any atom is 0.342 e. The van der Waals surface area contributed by atoms with Gasteiger partial charge in [0.1, 0.15) is 17.2 Å². The molecule has 1 rings (SSSR count). The van der Waals surface area contributed by atoms with Crippen molar-refractivity contribution in [2.75, 3.05) is 6.61 Å². The van der Waals surface area contributed by atoms with Gasteiger partial charge in [0, 0.05) is 10.7 Å². The van der Waals surface area contributed by atoms with Crippen molar-refractivity contribution in [3.63, 3.8) is 0 Å². The number of halogens is 1. The Labute approximate surface area is 120 Å². The Morgan fingerprint density at radius 1 is 1.55 bits per heavy atom. The number of aromatic hydroxyl groups is 1. The summed E-state index contributed by atoms with van der Waals surface area (Å²) in [5.41, 5.74) is -0.259. The Kier molecular flexibility index (Phi) is 5.23. The Morgan fingerprint density at radius 2 is 2.20 bits per heavy atom. The van der Waals surface area contributed by atoms with Gasteiger partial charge >= 0.3 is 5.97 Å². The van der Waals surface area contributed by atoms with Crippen LogP contribution in [0.3, 0.4) is 0 Å². The number of nitrogens with zero attached hydrogens (tertiary/aromatic N) is 1. The number of carbonyl (C=O) groups excluding carboxylic acids is 2. The third-order valence-electron chi connectivity index (χ3n) is 2.41. The lowest BCUT2D eigenvalue weighted by molar-refractivity contribution is -0.122. The number of ketones is 1. The van der Waals surface area contributed by atoms with Gasteiger partial charge in [0.15, 0.2) is 12.4 Å². The van der Waals surface area contributed by atoms with Crippen molar-refractivity contribution in [3.8, 4) is 11.8 Å². The highest BCUT2D eigenvalue weighted by molar-refractivity contribution is 6.30. The number of hydrogen-bond acceptors (Lipinski definition) is 6. The minimum atomic E-state index is -1.23. The van der Waals surface area contributed by atoms with E-state index < -0.39 is 24.3 Å². The first-order valence-electron chi connectivity index (χ1n) is 5.49. The van der Waals surface area contributed by atoms with Crippen LogP contribution in [0.15, 0.2) is 18.2 Å². The molecule has 1 unspecified atom stereocenters. The number of rotatable bonds is 5. The largest absolute Gasteiger partial charge is 0.507 e. The Hall–Kier alpha value is -2.39. The molecule has 104 valence electrons. The van der Waals surface area contributed by atoms with Crippen LogP contribution in [0, 0.1) is 22.7 Å². The van der Waals surface area contributed by atoms with Crippen LogP contribution in [0.5, 0.6) is 5.75 Å². The van der Waals surface area contributed by atoms with E-state index in [2.05, 4.69) is 0 Å². The Morgan fingerprint density at radius 3 is 2.70 bits per heavy atom. The standard InChI is InChI=1S/C13H11ClN2O4/c1-7(16)10(5-15)12(18)6-20-13(19)9-3-2-8(14)4-11(9)17/h2-4,10,16-17H,6H2,1H3. The van der Waals surface area contributed by atoms with E-state index in [1.807, 2.05) is 0 Å². The molecule has 1 aromatic rings. The average molecular weight is 295 g/mol. The van der Waals surface area contributed by atoms with Gasteiger partial charge in [-0.25, -0.2) is 4.79 Å². The average Bonchev–Trinajstić information content (AvgIpc) is 2.36. The summed E-state index contributed by atoms with van der Waals surface area (Å²) in [6.45, 7) is 0.675. The summed E-state index contributed by atoms with van der Waals surface area (Å²) in [4.78, 5) is 23.2. The highest BCUT2D eigenvalue weighted by atomic mass is 35.5. The number of ether oxygens (including phenoxy) is 1. The molecule has 0 saturated heterocycles. The van der Waals surface area contributed by atoms with Gasteiger partial charge in [0.2, 0.25) is 0 Å². The number of phenols is 1. The normalized spacial score (nSPS) is 11.2. The van der Waals surface area contributed by atoms with Crippen LogP contribution in [0.1, 0.15) is 17.3 Å². The van der Waals surface area contributed by atoms with Crippen LogP contribution in [0.4, 0.5) is 0 Å². The van der Waals surface area contributed by atoms with Gasteiger partial charge in [0.05, 0.1) is 6.07 Å². The van der Waals surface area contributed by atoms with Crippen molar-refractivity contribution in [2.24, 2.45) is 5.92 Å². The molecule has 1 atom stereocenters. The molecule has 2 N–H and O–H groups in total. The van der Waals surface area contributed by atoms with E-state index in [1.165, 1.54) is 25.1 Å². The monoisotopic (exact) mass is 294 g/mol. The first-order valence-corrected chi connectivity index (χ1v) is 5.87. The lowest BCUT2D eigenvalue weighted by atomic mass is 10.0. The fraction of sp³-hybridized carbons (Fsp3) is 0.231. The third kappa shape index (κ3) is 3.80. The summed E-state index contributed by atoms with van der Waals surface area (Å²) < 4.78 is 4.70. The van der Waals surface area contributed by atoms with Gasteiger partial charge < -0.3 is 15.3 Å². The number of Topliss-reactive ketones (excluding diaryl/α,β-unsaturated/α-hetero) is 1. The van der Waals surface area contributed by atoms with E-state index in [-0.39, 0.29) is 22.0 Å². The van der Waals surface area contributed by atoms with Crippen molar-refractivity contribution < 1.29 is 19.4 Å². The second-order valence-corrected chi connectivity index (χ2v) is 4.39. The number of benzene rings is 1. The van der Waals surface area contributed by atoms with Gasteiger partial charge in [-0.1, -0.05) is 11.6 Å². The van der Waals surface area contributed by atoms with Gasteiger partial charge in [-0.3, -0.25) is 4.79 Å². The van der Waals surface area contributed by atoms with Gasteiger partial charge in [-0.15, -0.1) is 0 Å². The van der Waals surface area contributed by atoms with Gasteiger partial charge in [-0.05, 0) is 25.1 Å². The topological polar surface area (TPSA) is 111 Å². The molecule has 1 aromatic carbocycles. The number of phenolic OH excluding ortho intramolecular Hbond substituents is 1. The third-order valence-corrected chi connectivity index (χ3v) is 2.64. The summed E-state index contributed by atoms with van der Waals surface area (Å²) in [7, 11) is 0. The Balaban J connectivity index is 2.71. The molecule has 0 aliphatic carbocycles. The first-order chi connectivity index (χ1) is 9.36. The maximum atomic E-state index is 11.6. The number of nitrogens with one attached hydrogen (secondary N) is 1. The second-order valence-electron chi connectivity index (χ2n) is 3.95. The molecule has 20 heavy (non-hydrogen) atoms. The molecule has 0 bridgehead atoms. The van der Waals surface area contributed by atoms with Crippen molar-refractivity contribution in [1.82, 2.24) is 0 Å². The molecule has 0 aliphatic rings. The molecule has 6 nitrogen and oxygen atoms in total. The summed E-state index contributed by atoms with van der Waals surface area (Å²) >= 11 is 5.62. The van der Waals surface area contributed by atoms with E-state index in [0.29, 0.717) is 0 Å². The number of esters is 1. The number of carbonyl (C=O) groups is 2. The van der Waals surface area contributed by atoms with E-state index >= 15 is 0 Å². The van der Waals surface area contributed by atoms with Crippen molar-refractivity contribution in [1.29, 1.82) is 10.7 Å². The fourth-order valence-corrected chi connectivity index (χ4v) is 1.55. The minimum Gasteiger partial charge on any atom is -0.507 e. The molecule has 7 heteroatoms. The SMILES string of the molecule is CC(=N)C(C#N)C(=O)COC(=O)c1ccc(Cl)cc1O. The minimum absolute atomic E-state index is 0.122. The molecule has 0 heterocycles. The molecule has 0 aromatic heterocycles. The zero-order valence-electron chi connectivity index (χ0n) is 10.5. The summed E-state index contributed by atoms with van der Waals surface area (Å²) in [5.74, 6) is -3.20. The quantitative estimate of drug-likeness (QED) is 0.637. The van der Waals surface area contributed by atoms with Crippen LogP contribution in [-0.2, 0) is 9.53 Å². The summed E-state index contributed by atoms with van der Waals surface area (Å²) in [6, 6.07) is 5.46. The zero-order chi connectivity index (χ0) is 15.3. The molecular weight excluding hydrogens is 284 g/mol. The molecule has 0 saturated carbocycles. The molecule has 0 aliphatic heterocycles. The highest BCUT2D eigenvalue weighted by Crippen LogP contribution is 2.22. The molecule has 0 fully saturated rings. The van der Waals surface area contributed by atoms with Crippen molar-refractivity contribution in [2.45, 2.75) is 6.92 Å². The number of hydrogen-bond donors (Lipinski definition) is 2. The molecule has 0 spiro atoms. The zero-order valence-corrected chi connectivity index (χ0v) is 11.3. The molecule has 0 amide bonds. The van der Waals surface area contributed by atoms with E-state index in [0.717, 1.165) is 0 Å². The van der Waals surface area contributed by atoms with Crippen LogP contribution in [-0.4, -0.2) is 29.2 Å².